The smallest absolute Gasteiger partial charge is 0.332 e. The Hall–Kier alpha value is -3.09. The van der Waals surface area contributed by atoms with Gasteiger partial charge in [-0.15, -0.1) is 0 Å². The maximum Gasteiger partial charge on any atom is 0.332 e. The number of hydrogen-bond acceptors (Lipinski definition) is 3. The van der Waals surface area contributed by atoms with Crippen LogP contribution in [0.1, 0.15) is 24.8 Å². The van der Waals surface area contributed by atoms with Gasteiger partial charge >= 0.3 is 5.97 Å². The second-order valence-electron chi connectivity index (χ2n) is 8.24. The van der Waals surface area contributed by atoms with Gasteiger partial charge < -0.3 is 4.74 Å². The molecule has 2 atom stereocenters. The number of hydrogen-bond donors (Lipinski definition) is 0. The minimum Gasteiger partial charge on any atom is -0.445 e. The highest BCUT2D eigenvalue weighted by molar-refractivity contribution is 5.94. The minimum absolute atomic E-state index is 0.214. The predicted octanol–water partition coefficient (Wildman–Crippen LogP) is 4.11. The van der Waals surface area contributed by atoms with Gasteiger partial charge in [-0.3, -0.25) is 4.90 Å². The van der Waals surface area contributed by atoms with Crippen LogP contribution in [0.5, 0.6) is 0 Å². The number of benzene rings is 2. The van der Waals surface area contributed by atoms with E-state index in [0.29, 0.717) is 6.04 Å². The van der Waals surface area contributed by atoms with Crippen LogP contribution in [0.2, 0.25) is 0 Å². The van der Waals surface area contributed by atoms with Crippen molar-refractivity contribution >= 4 is 5.97 Å². The van der Waals surface area contributed by atoms with E-state index in [9.17, 15) is 4.79 Å². The van der Waals surface area contributed by atoms with E-state index in [1.807, 2.05) is 18.2 Å². The Balaban J connectivity index is 1.33. The Kier molecular flexibility index (Phi) is 3.60. The normalized spacial score (nSPS) is 27.1. The third kappa shape index (κ3) is 2.39. The first-order chi connectivity index (χ1) is 14.3. The molecule has 0 saturated carbocycles. The van der Waals surface area contributed by atoms with E-state index in [4.69, 9.17) is 4.74 Å². The number of ether oxygens (including phenoxy) is 1. The lowest BCUT2D eigenvalue weighted by Crippen LogP contribution is -2.52. The van der Waals surface area contributed by atoms with Crippen molar-refractivity contribution in [3.63, 3.8) is 0 Å². The molecule has 0 amide bonds. The third-order valence-electron chi connectivity index (χ3n) is 6.71. The molecular weight excluding hydrogens is 358 g/mol. The molecule has 3 nitrogen and oxygen atoms in total. The largest absolute Gasteiger partial charge is 0.445 e. The molecule has 3 heterocycles. The molecule has 4 aliphatic rings. The quantitative estimate of drug-likeness (QED) is 0.552. The van der Waals surface area contributed by atoms with Gasteiger partial charge in [0.1, 0.15) is 0 Å². The summed E-state index contributed by atoms with van der Waals surface area (Å²) < 4.78 is 5.89. The van der Waals surface area contributed by atoms with Crippen LogP contribution in [0.15, 0.2) is 77.4 Å². The molecule has 2 saturated heterocycles. The molecule has 3 heteroatoms. The zero-order chi connectivity index (χ0) is 19.4. The lowest BCUT2D eigenvalue weighted by atomic mass is 9.67. The topological polar surface area (TPSA) is 29.5 Å². The summed E-state index contributed by atoms with van der Waals surface area (Å²) in [4.78, 5) is 14.6. The number of fused-ring (bicyclic) bond motifs is 1. The van der Waals surface area contributed by atoms with Gasteiger partial charge in [0.25, 0.3) is 0 Å². The highest BCUT2D eigenvalue weighted by Gasteiger charge is 2.66. The molecule has 0 N–H and O–H groups in total. The van der Waals surface area contributed by atoms with E-state index >= 15 is 0 Å². The van der Waals surface area contributed by atoms with Gasteiger partial charge in [0.05, 0.1) is 6.04 Å². The lowest BCUT2D eigenvalue weighted by Gasteiger charge is -2.43. The van der Waals surface area contributed by atoms with Crippen LogP contribution in [0.3, 0.4) is 0 Å². The fourth-order valence-electron chi connectivity index (χ4n) is 5.38. The molecule has 2 aromatic rings. The molecule has 142 valence electrons. The van der Waals surface area contributed by atoms with E-state index < -0.39 is 5.60 Å². The van der Waals surface area contributed by atoms with Gasteiger partial charge in [-0.2, -0.15) is 0 Å². The Bertz CT molecular complexity index is 1130. The summed E-state index contributed by atoms with van der Waals surface area (Å²) in [6.07, 6.45) is 5.19. The van der Waals surface area contributed by atoms with E-state index in [1.165, 1.54) is 29.5 Å². The summed E-state index contributed by atoms with van der Waals surface area (Å²) in [5, 5.41) is 0. The molecule has 1 spiro atoms. The number of rotatable bonds is 1. The van der Waals surface area contributed by atoms with Crippen LogP contribution in [-0.2, 0) is 9.53 Å². The van der Waals surface area contributed by atoms with Crippen LogP contribution in [0.4, 0.5) is 0 Å². The first-order valence-electron chi connectivity index (χ1n) is 10.4. The van der Waals surface area contributed by atoms with Crippen molar-refractivity contribution in [2.24, 2.45) is 0 Å². The van der Waals surface area contributed by atoms with E-state index in [2.05, 4.69) is 53.1 Å². The Morgan fingerprint density at radius 2 is 1.76 bits per heavy atom. The molecule has 0 aromatic heterocycles. The van der Waals surface area contributed by atoms with Gasteiger partial charge in [0.15, 0.2) is 5.60 Å². The number of esters is 1. The maximum atomic E-state index is 12.1. The second-order valence-corrected chi connectivity index (χ2v) is 8.24. The summed E-state index contributed by atoms with van der Waals surface area (Å²) in [6, 6.07) is 19.0. The zero-order valence-corrected chi connectivity index (χ0v) is 16.2. The Morgan fingerprint density at radius 3 is 2.59 bits per heavy atom. The first kappa shape index (κ1) is 16.8. The summed E-state index contributed by atoms with van der Waals surface area (Å²) >= 11 is 0. The monoisotopic (exact) mass is 379 g/mol. The minimum atomic E-state index is -0.487. The fraction of sp³-hybridized carbons (Fsp3) is 0.269. The van der Waals surface area contributed by atoms with Gasteiger partial charge in [-0.25, -0.2) is 4.79 Å². The average Bonchev–Trinajstić information content (AvgIpc) is 3.22. The Morgan fingerprint density at radius 1 is 0.966 bits per heavy atom. The SMILES string of the molecule is O=C1C=C2C(C#Cc3ccc(-c4ccccc4)cc3)=C3CN4CCCCC4[C@@]23O1. The van der Waals surface area contributed by atoms with Crippen LogP contribution >= 0.6 is 0 Å². The van der Waals surface area contributed by atoms with Crippen molar-refractivity contribution in [3.8, 4) is 23.0 Å². The van der Waals surface area contributed by atoms with Crippen molar-refractivity contribution in [3.05, 3.63) is 83.0 Å². The molecule has 2 fully saturated rings. The summed E-state index contributed by atoms with van der Waals surface area (Å²) in [5.41, 5.74) is 6.14. The molecule has 0 radical (unpaired) electrons. The molecule has 6 rings (SSSR count). The molecule has 29 heavy (non-hydrogen) atoms. The predicted molar refractivity (Wildman–Crippen MR) is 112 cm³/mol. The van der Waals surface area contributed by atoms with E-state index in [0.717, 1.165) is 36.2 Å². The first-order valence-corrected chi connectivity index (χ1v) is 10.4. The fourth-order valence-corrected chi connectivity index (χ4v) is 5.38. The van der Waals surface area contributed by atoms with Gasteiger partial charge in [0, 0.05) is 34.9 Å². The van der Waals surface area contributed by atoms with Gasteiger partial charge in [-0.05, 0) is 42.6 Å². The van der Waals surface area contributed by atoms with Crippen LogP contribution in [0.25, 0.3) is 11.1 Å². The molecule has 3 aliphatic heterocycles. The van der Waals surface area contributed by atoms with Crippen molar-refractivity contribution in [2.75, 3.05) is 13.1 Å². The summed E-state index contributed by atoms with van der Waals surface area (Å²) in [7, 11) is 0. The molecule has 1 aliphatic carbocycles. The highest BCUT2D eigenvalue weighted by atomic mass is 16.6. The lowest BCUT2D eigenvalue weighted by molar-refractivity contribution is -0.146. The molecule has 1 unspecified atom stereocenters. The summed E-state index contributed by atoms with van der Waals surface area (Å²) in [5.74, 6) is 6.46. The number of piperidine rings is 1. The van der Waals surface area contributed by atoms with Crippen molar-refractivity contribution < 1.29 is 9.53 Å². The highest BCUT2D eigenvalue weighted by Crippen LogP contribution is 2.58. The van der Waals surface area contributed by atoms with Crippen LogP contribution in [0, 0.1) is 11.8 Å². The number of carbonyl (C=O) groups is 1. The Labute approximate surface area is 170 Å². The van der Waals surface area contributed by atoms with E-state index in [-0.39, 0.29) is 5.97 Å². The maximum absolute atomic E-state index is 12.1. The molecule has 0 bridgehead atoms. The van der Waals surface area contributed by atoms with Crippen molar-refractivity contribution in [2.45, 2.75) is 30.9 Å². The summed E-state index contributed by atoms with van der Waals surface area (Å²) in [6.45, 7) is 1.97. The van der Waals surface area contributed by atoms with Crippen molar-refractivity contribution in [1.82, 2.24) is 4.90 Å². The number of carbonyl (C=O) groups excluding carboxylic acids is 1. The van der Waals surface area contributed by atoms with Crippen LogP contribution in [-0.4, -0.2) is 35.6 Å². The van der Waals surface area contributed by atoms with Gasteiger partial charge in [0.2, 0.25) is 0 Å². The molecular formula is C26H21NO2. The van der Waals surface area contributed by atoms with E-state index in [1.54, 1.807) is 6.08 Å². The standard InChI is InChI=1S/C26H21NO2/c28-25-16-22-21(23-17-27-15-5-4-8-24(27)26(22,23)29-25)14-11-18-9-12-20(13-10-18)19-6-2-1-3-7-19/h1-3,6-7,9-10,12-13,16,24H,4-5,8,15,17H2/t24?,26-/m1/s1. The average molecular weight is 379 g/mol. The van der Waals surface area contributed by atoms with Crippen molar-refractivity contribution in [1.29, 1.82) is 0 Å². The number of nitrogens with zero attached hydrogens (tertiary/aromatic N) is 1. The second kappa shape index (κ2) is 6.20. The van der Waals surface area contributed by atoms with Crippen LogP contribution < -0.4 is 0 Å². The third-order valence-corrected chi connectivity index (χ3v) is 6.71. The zero-order valence-electron chi connectivity index (χ0n) is 16.2. The van der Waals surface area contributed by atoms with Gasteiger partial charge in [-0.1, -0.05) is 60.7 Å². The molecule has 2 aromatic carbocycles.